The molecule has 74 valence electrons. The van der Waals surface area contributed by atoms with Crippen LogP contribution in [0.5, 0.6) is 0 Å². The maximum Gasteiger partial charge on any atom is 0.340 e. The van der Waals surface area contributed by atoms with Crippen LogP contribution in [0.2, 0.25) is 0 Å². The lowest BCUT2D eigenvalue weighted by atomic mass is 9.98. The molecular formula is C10H17NO2. The van der Waals surface area contributed by atoms with E-state index in [1.165, 1.54) is 0 Å². The van der Waals surface area contributed by atoms with E-state index in [4.69, 9.17) is 4.84 Å². The molecule has 0 aliphatic rings. The van der Waals surface area contributed by atoms with E-state index in [0.29, 0.717) is 5.71 Å². The van der Waals surface area contributed by atoms with Crippen LogP contribution in [0, 0.1) is 5.41 Å². The van der Waals surface area contributed by atoms with E-state index in [1.807, 2.05) is 6.92 Å². The van der Waals surface area contributed by atoms with Crippen molar-refractivity contribution in [3.05, 3.63) is 12.2 Å². The summed E-state index contributed by atoms with van der Waals surface area (Å²) in [6, 6.07) is 0. The zero-order valence-electron chi connectivity index (χ0n) is 8.97. The highest BCUT2D eigenvalue weighted by Gasteiger charge is 2.23. The van der Waals surface area contributed by atoms with Crippen molar-refractivity contribution in [3.63, 3.8) is 0 Å². The van der Waals surface area contributed by atoms with Gasteiger partial charge in [-0.15, -0.1) is 0 Å². The number of carbonyl (C=O) groups is 1. The van der Waals surface area contributed by atoms with Gasteiger partial charge in [-0.05, 0) is 40.2 Å². The molecule has 0 atom stereocenters. The van der Waals surface area contributed by atoms with Crippen molar-refractivity contribution < 1.29 is 9.63 Å². The molecule has 0 amide bonds. The van der Waals surface area contributed by atoms with Crippen LogP contribution in [-0.2, 0) is 9.63 Å². The van der Waals surface area contributed by atoms with Crippen LogP contribution in [0.25, 0.3) is 0 Å². The summed E-state index contributed by atoms with van der Waals surface area (Å²) in [6.45, 7) is 12.6. The Balaban J connectivity index is 4.26. The van der Waals surface area contributed by atoms with Crippen LogP contribution in [0.4, 0.5) is 0 Å². The topological polar surface area (TPSA) is 38.7 Å². The minimum absolute atomic E-state index is 0.340. The van der Waals surface area contributed by atoms with Gasteiger partial charge in [0.2, 0.25) is 0 Å². The maximum atomic E-state index is 11.2. The van der Waals surface area contributed by atoms with E-state index in [-0.39, 0.29) is 5.97 Å². The molecule has 13 heavy (non-hydrogen) atoms. The Hall–Kier alpha value is -1.12. The average molecular weight is 183 g/mol. The number of hydrogen-bond donors (Lipinski definition) is 0. The van der Waals surface area contributed by atoms with Gasteiger partial charge in [-0.3, -0.25) is 0 Å². The fourth-order valence-corrected chi connectivity index (χ4v) is 0.325. The predicted molar refractivity (Wildman–Crippen MR) is 53.5 cm³/mol. The highest BCUT2D eigenvalue weighted by molar-refractivity contribution is 5.97. The van der Waals surface area contributed by atoms with Gasteiger partial charge in [0.05, 0.1) is 11.1 Å². The molecule has 0 aliphatic carbocycles. The van der Waals surface area contributed by atoms with Gasteiger partial charge in [0.25, 0.3) is 0 Å². The summed E-state index contributed by atoms with van der Waals surface area (Å²) in [5, 5.41) is 3.66. The zero-order chi connectivity index (χ0) is 10.6. The SMILES string of the molecule is C=C(C)/C(C)=N\OC(=O)C(C)(C)C. The largest absolute Gasteiger partial charge is 0.340 e. The van der Waals surface area contributed by atoms with Gasteiger partial charge in [0.15, 0.2) is 0 Å². The van der Waals surface area contributed by atoms with Crippen LogP contribution >= 0.6 is 0 Å². The number of nitrogens with zero attached hydrogens (tertiary/aromatic N) is 1. The summed E-state index contributed by atoms with van der Waals surface area (Å²) in [5.41, 5.74) is 0.915. The first-order valence-electron chi connectivity index (χ1n) is 4.17. The first kappa shape index (κ1) is 11.9. The molecule has 0 unspecified atom stereocenters. The lowest BCUT2D eigenvalue weighted by molar-refractivity contribution is -0.152. The molecular weight excluding hydrogens is 166 g/mol. The van der Waals surface area contributed by atoms with Crippen LogP contribution < -0.4 is 0 Å². The van der Waals surface area contributed by atoms with Crippen molar-refractivity contribution in [2.45, 2.75) is 34.6 Å². The van der Waals surface area contributed by atoms with Crippen LogP contribution in [-0.4, -0.2) is 11.7 Å². The molecule has 0 aromatic carbocycles. The molecule has 0 heterocycles. The molecule has 0 rings (SSSR count). The van der Waals surface area contributed by atoms with E-state index in [9.17, 15) is 4.79 Å². The van der Waals surface area contributed by atoms with E-state index in [2.05, 4.69) is 11.7 Å². The Morgan fingerprint density at radius 1 is 1.31 bits per heavy atom. The van der Waals surface area contributed by atoms with Crippen molar-refractivity contribution in [1.82, 2.24) is 0 Å². The summed E-state index contributed by atoms with van der Waals surface area (Å²) < 4.78 is 0. The van der Waals surface area contributed by atoms with Crippen molar-refractivity contribution in [2.24, 2.45) is 10.6 Å². The first-order valence-corrected chi connectivity index (χ1v) is 4.17. The quantitative estimate of drug-likeness (QED) is 0.375. The minimum atomic E-state index is -0.515. The van der Waals surface area contributed by atoms with Crippen molar-refractivity contribution >= 4 is 11.7 Å². The van der Waals surface area contributed by atoms with E-state index in [0.717, 1.165) is 5.57 Å². The smallest absolute Gasteiger partial charge is 0.317 e. The van der Waals surface area contributed by atoms with Crippen molar-refractivity contribution in [2.75, 3.05) is 0 Å². The fraction of sp³-hybridized carbons (Fsp3) is 0.600. The third-order valence-corrected chi connectivity index (χ3v) is 1.50. The van der Waals surface area contributed by atoms with Gasteiger partial charge in [-0.25, -0.2) is 4.79 Å². The summed E-state index contributed by atoms with van der Waals surface area (Å²) in [5.74, 6) is -0.340. The number of hydrogen-bond acceptors (Lipinski definition) is 3. The molecule has 0 aromatic heterocycles. The molecule has 0 saturated carbocycles. The third-order valence-electron chi connectivity index (χ3n) is 1.50. The molecule has 0 fully saturated rings. The summed E-state index contributed by atoms with van der Waals surface area (Å²) in [7, 11) is 0. The maximum absolute atomic E-state index is 11.2. The van der Waals surface area contributed by atoms with Crippen LogP contribution in [0.15, 0.2) is 17.3 Å². The standard InChI is InChI=1S/C10H17NO2/c1-7(2)8(3)11-13-9(12)10(4,5)6/h1H2,2-6H3/b11-8-. The fourth-order valence-electron chi connectivity index (χ4n) is 0.325. The Labute approximate surface area is 79.5 Å². The second-order valence-electron chi connectivity index (χ2n) is 4.09. The van der Waals surface area contributed by atoms with Crippen molar-refractivity contribution in [1.29, 1.82) is 0 Å². The number of carbonyl (C=O) groups excluding carboxylic acids is 1. The Kier molecular flexibility index (Phi) is 3.85. The molecule has 0 bridgehead atoms. The summed E-state index contributed by atoms with van der Waals surface area (Å²) in [4.78, 5) is 16.0. The highest BCUT2D eigenvalue weighted by Crippen LogP contribution is 2.15. The molecule has 3 heteroatoms. The second-order valence-corrected chi connectivity index (χ2v) is 4.09. The summed E-state index contributed by atoms with van der Waals surface area (Å²) >= 11 is 0. The Bertz CT molecular complexity index is 246. The van der Waals surface area contributed by atoms with Gasteiger partial charge in [0.1, 0.15) is 0 Å². The normalized spacial score (nSPS) is 12.5. The molecule has 0 aromatic rings. The van der Waals surface area contributed by atoms with Gasteiger partial charge in [-0.1, -0.05) is 11.7 Å². The monoisotopic (exact) mass is 183 g/mol. The molecule has 0 saturated heterocycles. The molecule has 0 radical (unpaired) electrons. The van der Waals surface area contributed by atoms with Gasteiger partial charge < -0.3 is 4.84 Å². The lowest BCUT2D eigenvalue weighted by Crippen LogP contribution is -2.21. The number of rotatable bonds is 2. The van der Waals surface area contributed by atoms with Gasteiger partial charge in [-0.2, -0.15) is 0 Å². The van der Waals surface area contributed by atoms with E-state index in [1.54, 1.807) is 27.7 Å². The Morgan fingerprint density at radius 3 is 2.08 bits per heavy atom. The minimum Gasteiger partial charge on any atom is -0.317 e. The van der Waals surface area contributed by atoms with Gasteiger partial charge >= 0.3 is 5.97 Å². The third kappa shape index (κ3) is 4.45. The van der Waals surface area contributed by atoms with Crippen LogP contribution in [0.3, 0.4) is 0 Å². The average Bonchev–Trinajstić information content (AvgIpc) is 1.97. The van der Waals surface area contributed by atoms with Crippen LogP contribution in [0.1, 0.15) is 34.6 Å². The molecule has 0 N–H and O–H groups in total. The predicted octanol–water partition coefficient (Wildman–Crippen LogP) is 2.53. The molecule has 0 spiro atoms. The zero-order valence-corrected chi connectivity index (χ0v) is 8.97. The first-order chi connectivity index (χ1) is 5.75. The highest BCUT2D eigenvalue weighted by atomic mass is 16.7. The Morgan fingerprint density at radius 2 is 1.77 bits per heavy atom. The van der Waals surface area contributed by atoms with E-state index >= 15 is 0 Å². The number of oxime groups is 1. The summed E-state index contributed by atoms with van der Waals surface area (Å²) in [6.07, 6.45) is 0. The molecule has 3 nitrogen and oxygen atoms in total. The van der Waals surface area contributed by atoms with E-state index < -0.39 is 5.41 Å². The lowest BCUT2D eigenvalue weighted by Gasteiger charge is -2.13. The molecule has 0 aliphatic heterocycles. The van der Waals surface area contributed by atoms with Gasteiger partial charge in [0, 0.05) is 0 Å². The van der Waals surface area contributed by atoms with Crippen molar-refractivity contribution in [3.8, 4) is 0 Å². The second kappa shape index (κ2) is 4.21. The number of allylic oxidation sites excluding steroid dienone is 1.